The fraction of sp³-hybridized carbons (Fsp3) is 0. The highest BCUT2D eigenvalue weighted by Crippen LogP contribution is 2.53. The first-order valence-corrected chi connectivity index (χ1v) is 18.2. The van der Waals surface area contributed by atoms with Crippen molar-refractivity contribution in [3.05, 3.63) is 170 Å². The predicted molar refractivity (Wildman–Crippen MR) is 220 cm³/mol. The van der Waals surface area contributed by atoms with Gasteiger partial charge in [-0.1, -0.05) is 146 Å². The molecule has 54 heavy (non-hydrogen) atoms. The van der Waals surface area contributed by atoms with Gasteiger partial charge in [-0.15, -0.1) is 0 Å². The number of hydrogen-bond donors (Lipinski definition) is 0. The summed E-state index contributed by atoms with van der Waals surface area (Å²) >= 11 is 0. The van der Waals surface area contributed by atoms with E-state index in [1.165, 1.54) is 38.4 Å². The Balaban J connectivity index is 1.21. The second-order valence-electron chi connectivity index (χ2n) is 13.9. The number of benzene rings is 8. The number of aromatic nitrogens is 4. The maximum atomic E-state index is 6.83. The fourth-order valence-corrected chi connectivity index (χ4v) is 8.69. The van der Waals surface area contributed by atoms with E-state index in [0.717, 1.165) is 60.7 Å². The predicted octanol–water partition coefficient (Wildman–Crippen LogP) is 12.7. The monoisotopic (exact) mass is 688 g/mol. The highest BCUT2D eigenvalue weighted by atomic mass is 16.3. The minimum atomic E-state index is 0.618. The van der Waals surface area contributed by atoms with Crippen LogP contribution in [0.5, 0.6) is 0 Å². The molecule has 0 aliphatic heterocycles. The minimum absolute atomic E-state index is 0.618. The molecule has 1 aliphatic carbocycles. The van der Waals surface area contributed by atoms with E-state index in [1.807, 2.05) is 66.7 Å². The smallest absolute Gasteiger partial charge is 0.164 e. The van der Waals surface area contributed by atoms with E-state index in [0.29, 0.717) is 17.5 Å². The average Bonchev–Trinajstić information content (AvgIpc) is 3.77. The van der Waals surface area contributed by atoms with Crippen molar-refractivity contribution >= 4 is 54.5 Å². The third-order valence-corrected chi connectivity index (χ3v) is 11.0. The summed E-state index contributed by atoms with van der Waals surface area (Å²) < 4.78 is 9.26. The number of para-hydroxylation sites is 1. The molecule has 0 radical (unpaired) electrons. The van der Waals surface area contributed by atoms with Crippen LogP contribution in [0.15, 0.2) is 174 Å². The van der Waals surface area contributed by atoms with E-state index in [9.17, 15) is 0 Å². The van der Waals surface area contributed by atoms with E-state index in [4.69, 9.17) is 19.4 Å². The summed E-state index contributed by atoms with van der Waals surface area (Å²) in [5, 5.41) is 7.03. The topological polar surface area (TPSA) is 56.7 Å². The van der Waals surface area contributed by atoms with Crippen molar-refractivity contribution in [3.8, 4) is 62.1 Å². The van der Waals surface area contributed by atoms with Crippen molar-refractivity contribution in [1.29, 1.82) is 0 Å². The van der Waals surface area contributed by atoms with E-state index in [1.54, 1.807) is 0 Å². The maximum absolute atomic E-state index is 6.83. The molecule has 0 unspecified atom stereocenters. The number of hydrogen-bond acceptors (Lipinski definition) is 4. The Morgan fingerprint density at radius 2 is 0.926 bits per heavy atom. The molecular formula is C49H28N4O. The molecule has 0 bridgehead atoms. The van der Waals surface area contributed by atoms with Crippen LogP contribution in [0.2, 0.25) is 0 Å². The van der Waals surface area contributed by atoms with Crippen LogP contribution in [-0.2, 0) is 0 Å². The van der Waals surface area contributed by atoms with Crippen LogP contribution in [0, 0.1) is 0 Å². The molecule has 0 atom stereocenters. The second-order valence-corrected chi connectivity index (χ2v) is 13.9. The van der Waals surface area contributed by atoms with Crippen molar-refractivity contribution in [2.45, 2.75) is 0 Å². The quantitative estimate of drug-likeness (QED) is 0.185. The van der Waals surface area contributed by atoms with E-state index in [-0.39, 0.29) is 0 Å². The van der Waals surface area contributed by atoms with Crippen LogP contribution in [0.3, 0.4) is 0 Å². The van der Waals surface area contributed by atoms with Gasteiger partial charge in [0.2, 0.25) is 0 Å². The Labute approximate surface area is 309 Å². The number of fused-ring (bicyclic) bond motifs is 8. The summed E-state index contributed by atoms with van der Waals surface area (Å²) in [6.07, 6.45) is 0. The minimum Gasteiger partial charge on any atom is -0.455 e. The Kier molecular flexibility index (Phi) is 5.99. The number of rotatable bonds is 4. The van der Waals surface area contributed by atoms with E-state index in [2.05, 4.69) is 108 Å². The van der Waals surface area contributed by atoms with Gasteiger partial charge in [-0.3, -0.25) is 0 Å². The van der Waals surface area contributed by atoms with E-state index >= 15 is 0 Å². The second kappa shape index (κ2) is 11.1. The Hall–Kier alpha value is -7.37. The third kappa shape index (κ3) is 4.06. The van der Waals surface area contributed by atoms with Crippen molar-refractivity contribution in [2.75, 3.05) is 0 Å². The molecule has 5 heteroatoms. The number of furan rings is 1. The van der Waals surface area contributed by atoms with Crippen molar-refractivity contribution in [3.63, 3.8) is 0 Å². The number of nitrogens with zero attached hydrogens (tertiary/aromatic N) is 4. The fourth-order valence-electron chi connectivity index (χ4n) is 8.69. The summed E-state index contributed by atoms with van der Waals surface area (Å²) in [6.45, 7) is 0. The molecule has 250 valence electrons. The molecule has 0 fully saturated rings. The van der Waals surface area contributed by atoms with Gasteiger partial charge in [0.1, 0.15) is 11.2 Å². The lowest BCUT2D eigenvalue weighted by molar-refractivity contribution is 0.673. The lowest BCUT2D eigenvalue weighted by Gasteiger charge is -2.15. The molecule has 5 nitrogen and oxygen atoms in total. The van der Waals surface area contributed by atoms with Gasteiger partial charge < -0.3 is 8.98 Å². The van der Waals surface area contributed by atoms with Crippen LogP contribution >= 0.6 is 0 Å². The lowest BCUT2D eigenvalue weighted by atomic mass is 9.92. The molecular weight excluding hydrogens is 661 g/mol. The van der Waals surface area contributed by atoms with Crippen LogP contribution in [0.4, 0.5) is 0 Å². The molecule has 0 saturated heterocycles. The molecule has 0 N–H and O–H groups in total. The Morgan fingerprint density at radius 3 is 1.65 bits per heavy atom. The highest BCUT2D eigenvalue weighted by Gasteiger charge is 2.29. The van der Waals surface area contributed by atoms with Gasteiger partial charge in [0.15, 0.2) is 17.5 Å². The molecule has 12 rings (SSSR count). The van der Waals surface area contributed by atoms with Gasteiger partial charge in [0.25, 0.3) is 0 Å². The first-order valence-electron chi connectivity index (χ1n) is 18.2. The van der Waals surface area contributed by atoms with Crippen LogP contribution in [0.1, 0.15) is 0 Å². The summed E-state index contributed by atoms with van der Waals surface area (Å²) in [4.78, 5) is 15.1. The first-order chi connectivity index (χ1) is 26.8. The first kappa shape index (κ1) is 29.2. The molecule has 11 aromatic rings. The van der Waals surface area contributed by atoms with Crippen LogP contribution in [0.25, 0.3) is 117 Å². The SMILES string of the molecule is c1ccc(-c2nc(-c3ccccc3)nc(-c3cccc(-n4c5cccc6c5c5c7c(cccc7c7oc8ccccc8c7c54)-c4ccccc4-6)c3)n2)cc1. The summed E-state index contributed by atoms with van der Waals surface area (Å²) in [6, 6.07) is 59.4. The molecule has 0 saturated carbocycles. The summed E-state index contributed by atoms with van der Waals surface area (Å²) in [5.41, 5.74) is 12.8. The lowest BCUT2D eigenvalue weighted by Crippen LogP contribution is -2.01. The normalized spacial score (nSPS) is 12.1. The van der Waals surface area contributed by atoms with Gasteiger partial charge in [-0.05, 0) is 46.5 Å². The molecule has 1 aliphatic rings. The van der Waals surface area contributed by atoms with Gasteiger partial charge in [-0.2, -0.15) is 0 Å². The van der Waals surface area contributed by atoms with E-state index < -0.39 is 0 Å². The zero-order valence-electron chi connectivity index (χ0n) is 28.9. The van der Waals surface area contributed by atoms with Crippen molar-refractivity contribution < 1.29 is 4.42 Å². The largest absolute Gasteiger partial charge is 0.455 e. The standard InChI is InChI=1S/C49H28N4O/c1-3-14-29(15-4-1)47-50-48(30-16-5-2-6-17-30)52-49(51-47)31-18-11-19-32(28-31)53-39-26-13-24-36-34-21-8-7-20-33(34)35-23-12-25-38-41(35)44(42(36)39)45(53)43-37-22-9-10-27-40(37)54-46(38)43/h1-28H. The summed E-state index contributed by atoms with van der Waals surface area (Å²) in [7, 11) is 0. The van der Waals surface area contributed by atoms with Gasteiger partial charge in [-0.25, -0.2) is 15.0 Å². The average molecular weight is 689 g/mol. The summed E-state index contributed by atoms with van der Waals surface area (Å²) in [5.74, 6) is 1.89. The van der Waals surface area contributed by atoms with Crippen molar-refractivity contribution in [2.24, 2.45) is 0 Å². The molecule has 0 amide bonds. The third-order valence-electron chi connectivity index (χ3n) is 11.0. The van der Waals surface area contributed by atoms with Gasteiger partial charge in [0.05, 0.1) is 16.4 Å². The Bertz CT molecular complexity index is 3270. The van der Waals surface area contributed by atoms with Gasteiger partial charge in [0, 0.05) is 49.3 Å². The highest BCUT2D eigenvalue weighted by molar-refractivity contribution is 6.39. The zero-order valence-corrected chi connectivity index (χ0v) is 28.9. The maximum Gasteiger partial charge on any atom is 0.164 e. The van der Waals surface area contributed by atoms with Gasteiger partial charge >= 0.3 is 0 Å². The Morgan fingerprint density at radius 1 is 0.389 bits per heavy atom. The zero-order chi connectivity index (χ0) is 35.3. The molecule has 3 heterocycles. The van der Waals surface area contributed by atoms with Crippen molar-refractivity contribution in [1.82, 2.24) is 19.5 Å². The molecule has 8 aromatic carbocycles. The molecule has 0 spiro atoms. The molecule has 3 aromatic heterocycles. The van der Waals surface area contributed by atoms with Crippen LogP contribution < -0.4 is 0 Å². The van der Waals surface area contributed by atoms with Crippen LogP contribution in [-0.4, -0.2) is 19.5 Å².